The summed E-state index contributed by atoms with van der Waals surface area (Å²) >= 11 is 0. The summed E-state index contributed by atoms with van der Waals surface area (Å²) in [6.45, 7) is 6.84. The van der Waals surface area contributed by atoms with Gasteiger partial charge in [0.15, 0.2) is 0 Å². The highest BCUT2D eigenvalue weighted by Crippen LogP contribution is 2.33. The molecule has 1 unspecified atom stereocenters. The van der Waals surface area contributed by atoms with Gasteiger partial charge in [-0.05, 0) is 29.5 Å². The second-order valence-corrected chi connectivity index (χ2v) is 5.53. The highest BCUT2D eigenvalue weighted by Gasteiger charge is 2.22. The molecule has 0 aliphatic heterocycles. The Morgan fingerprint density at radius 1 is 0.900 bits per heavy atom. The smallest absolute Gasteiger partial charge is 0.0107 e. The van der Waals surface area contributed by atoms with E-state index in [9.17, 15) is 0 Å². The summed E-state index contributed by atoms with van der Waals surface area (Å²) in [5.41, 5.74) is 4.26. The average Bonchev–Trinajstić information content (AvgIpc) is 2.54. The van der Waals surface area contributed by atoms with Crippen molar-refractivity contribution >= 4 is 5.57 Å². The van der Waals surface area contributed by atoms with Crippen LogP contribution in [0.4, 0.5) is 0 Å². The summed E-state index contributed by atoms with van der Waals surface area (Å²) in [5.74, 6) is 0. The predicted molar refractivity (Wildman–Crippen MR) is 88.8 cm³/mol. The van der Waals surface area contributed by atoms with Crippen LogP contribution in [0.2, 0.25) is 0 Å². The van der Waals surface area contributed by atoms with E-state index >= 15 is 0 Å². The SMILES string of the molecule is CCC(=CC(C)(CC)c1ccccc1)c1ccccc1. The molecule has 0 aliphatic rings. The van der Waals surface area contributed by atoms with E-state index in [-0.39, 0.29) is 5.41 Å². The Morgan fingerprint density at radius 3 is 1.95 bits per heavy atom. The van der Waals surface area contributed by atoms with Gasteiger partial charge in [-0.2, -0.15) is 0 Å². The molecule has 0 aromatic heterocycles. The zero-order chi connectivity index (χ0) is 14.4. The standard InChI is InChI=1S/C20H24/c1-4-17(18-12-8-6-9-13-18)16-20(3,5-2)19-14-10-7-11-15-19/h6-16H,4-5H2,1-3H3. The molecule has 2 aromatic carbocycles. The van der Waals surface area contributed by atoms with Crippen molar-refractivity contribution in [3.05, 3.63) is 77.9 Å². The molecular weight excluding hydrogens is 240 g/mol. The normalized spacial score (nSPS) is 14.8. The molecule has 0 fully saturated rings. The molecule has 0 aliphatic carbocycles. The van der Waals surface area contributed by atoms with Gasteiger partial charge in [-0.25, -0.2) is 0 Å². The zero-order valence-electron chi connectivity index (χ0n) is 12.8. The molecule has 0 amide bonds. The first-order chi connectivity index (χ1) is 9.69. The lowest BCUT2D eigenvalue weighted by Crippen LogP contribution is -2.18. The lowest BCUT2D eigenvalue weighted by Gasteiger charge is -2.27. The van der Waals surface area contributed by atoms with E-state index in [0.717, 1.165) is 12.8 Å². The van der Waals surface area contributed by atoms with Crippen LogP contribution in [-0.4, -0.2) is 0 Å². The van der Waals surface area contributed by atoms with Crippen LogP contribution >= 0.6 is 0 Å². The first kappa shape index (κ1) is 14.6. The van der Waals surface area contributed by atoms with Crippen molar-refractivity contribution in [3.8, 4) is 0 Å². The van der Waals surface area contributed by atoms with Crippen LogP contribution in [0.15, 0.2) is 66.7 Å². The number of benzene rings is 2. The largest absolute Gasteiger partial charge is 0.0704 e. The zero-order valence-corrected chi connectivity index (χ0v) is 12.8. The van der Waals surface area contributed by atoms with Gasteiger partial charge in [-0.15, -0.1) is 0 Å². The fraction of sp³-hybridized carbons (Fsp3) is 0.300. The lowest BCUT2D eigenvalue weighted by molar-refractivity contribution is 0.572. The van der Waals surface area contributed by atoms with Crippen molar-refractivity contribution in [2.24, 2.45) is 0 Å². The van der Waals surface area contributed by atoms with Gasteiger partial charge < -0.3 is 0 Å². The number of hydrogen-bond donors (Lipinski definition) is 0. The van der Waals surface area contributed by atoms with Crippen LogP contribution in [0.3, 0.4) is 0 Å². The van der Waals surface area contributed by atoms with Crippen LogP contribution in [-0.2, 0) is 5.41 Å². The maximum atomic E-state index is 2.46. The third kappa shape index (κ3) is 3.19. The minimum Gasteiger partial charge on any atom is -0.0704 e. The van der Waals surface area contributed by atoms with Gasteiger partial charge in [-0.3, -0.25) is 0 Å². The van der Waals surface area contributed by atoms with E-state index in [1.54, 1.807) is 0 Å². The molecule has 104 valence electrons. The van der Waals surface area contributed by atoms with Crippen molar-refractivity contribution < 1.29 is 0 Å². The highest BCUT2D eigenvalue weighted by atomic mass is 14.3. The van der Waals surface area contributed by atoms with E-state index < -0.39 is 0 Å². The van der Waals surface area contributed by atoms with Crippen molar-refractivity contribution in [3.63, 3.8) is 0 Å². The molecule has 0 bridgehead atoms. The fourth-order valence-corrected chi connectivity index (χ4v) is 2.63. The second kappa shape index (κ2) is 6.56. The second-order valence-electron chi connectivity index (χ2n) is 5.53. The molecule has 2 aromatic rings. The van der Waals surface area contributed by atoms with Gasteiger partial charge in [0.25, 0.3) is 0 Å². The van der Waals surface area contributed by atoms with Crippen molar-refractivity contribution in [1.29, 1.82) is 0 Å². The Hall–Kier alpha value is -1.82. The Kier molecular flexibility index (Phi) is 4.79. The molecule has 0 saturated carbocycles. The summed E-state index contributed by atoms with van der Waals surface area (Å²) in [4.78, 5) is 0. The molecule has 0 heteroatoms. The molecule has 2 rings (SSSR count). The average molecular weight is 264 g/mol. The van der Waals surface area contributed by atoms with Gasteiger partial charge in [-0.1, -0.05) is 87.5 Å². The quantitative estimate of drug-likeness (QED) is 0.635. The minimum absolute atomic E-state index is 0.0996. The van der Waals surface area contributed by atoms with Crippen LogP contribution < -0.4 is 0 Å². The molecular formula is C20H24. The lowest BCUT2D eigenvalue weighted by atomic mass is 9.77. The molecule has 0 saturated heterocycles. The van der Waals surface area contributed by atoms with Crippen molar-refractivity contribution in [1.82, 2.24) is 0 Å². The maximum absolute atomic E-state index is 2.46. The predicted octanol–water partition coefficient (Wildman–Crippen LogP) is 5.85. The van der Waals surface area contributed by atoms with Gasteiger partial charge in [0.1, 0.15) is 0 Å². The molecule has 0 N–H and O–H groups in total. The monoisotopic (exact) mass is 264 g/mol. The minimum atomic E-state index is 0.0996. The summed E-state index contributed by atoms with van der Waals surface area (Å²) in [5, 5.41) is 0. The molecule has 0 radical (unpaired) electrons. The first-order valence-corrected chi connectivity index (χ1v) is 7.52. The van der Waals surface area contributed by atoms with Crippen LogP contribution in [0.1, 0.15) is 44.7 Å². The van der Waals surface area contributed by atoms with E-state index in [1.165, 1.54) is 16.7 Å². The third-order valence-corrected chi connectivity index (χ3v) is 4.19. The fourth-order valence-electron chi connectivity index (χ4n) is 2.63. The van der Waals surface area contributed by atoms with Gasteiger partial charge in [0.05, 0.1) is 0 Å². The molecule has 1 atom stereocenters. The van der Waals surface area contributed by atoms with Gasteiger partial charge in [0, 0.05) is 5.41 Å². The Morgan fingerprint density at radius 2 is 1.45 bits per heavy atom. The van der Waals surface area contributed by atoms with Crippen LogP contribution in [0, 0.1) is 0 Å². The molecule has 0 heterocycles. The molecule has 0 spiro atoms. The van der Waals surface area contributed by atoms with Crippen LogP contribution in [0.5, 0.6) is 0 Å². The van der Waals surface area contributed by atoms with E-state index in [1.807, 2.05) is 0 Å². The van der Waals surface area contributed by atoms with E-state index in [2.05, 4.69) is 87.5 Å². The Balaban J connectivity index is 2.43. The maximum Gasteiger partial charge on any atom is 0.0107 e. The number of hydrogen-bond acceptors (Lipinski definition) is 0. The van der Waals surface area contributed by atoms with E-state index in [0.29, 0.717) is 0 Å². The van der Waals surface area contributed by atoms with E-state index in [4.69, 9.17) is 0 Å². The van der Waals surface area contributed by atoms with Crippen molar-refractivity contribution in [2.45, 2.75) is 39.0 Å². The first-order valence-electron chi connectivity index (χ1n) is 7.52. The summed E-state index contributed by atoms with van der Waals surface area (Å²) in [7, 11) is 0. The Labute approximate surface area is 123 Å². The third-order valence-electron chi connectivity index (χ3n) is 4.19. The Bertz CT molecular complexity index is 551. The number of allylic oxidation sites excluding steroid dienone is 2. The summed E-state index contributed by atoms with van der Waals surface area (Å²) < 4.78 is 0. The van der Waals surface area contributed by atoms with Crippen molar-refractivity contribution in [2.75, 3.05) is 0 Å². The summed E-state index contributed by atoms with van der Waals surface area (Å²) in [6.07, 6.45) is 4.62. The molecule has 0 nitrogen and oxygen atoms in total. The molecule has 20 heavy (non-hydrogen) atoms. The van der Waals surface area contributed by atoms with Gasteiger partial charge >= 0.3 is 0 Å². The number of rotatable bonds is 5. The highest BCUT2D eigenvalue weighted by molar-refractivity contribution is 5.67. The van der Waals surface area contributed by atoms with Crippen LogP contribution in [0.25, 0.3) is 5.57 Å². The topological polar surface area (TPSA) is 0 Å². The van der Waals surface area contributed by atoms with Gasteiger partial charge in [0.2, 0.25) is 0 Å². The summed E-state index contributed by atoms with van der Waals surface area (Å²) in [6, 6.07) is 21.5.